The van der Waals surface area contributed by atoms with Crippen molar-refractivity contribution >= 4 is 23.0 Å². The second kappa shape index (κ2) is 11.3. The zero-order valence-corrected chi connectivity index (χ0v) is 24.4. The number of carbonyl (C=O) groups excluding carboxylic acids is 2. The van der Waals surface area contributed by atoms with Gasteiger partial charge in [-0.1, -0.05) is 12.1 Å². The van der Waals surface area contributed by atoms with Gasteiger partial charge in [-0.3, -0.25) is 9.47 Å². The zero-order chi connectivity index (χ0) is 28.6. The van der Waals surface area contributed by atoms with Crippen LogP contribution in [0.1, 0.15) is 66.7 Å². The second-order valence-electron chi connectivity index (χ2n) is 12.0. The monoisotopic (exact) mass is 548 g/mol. The Hall–Kier alpha value is -3.36. The summed E-state index contributed by atoms with van der Waals surface area (Å²) >= 11 is 0. The number of hydrogen-bond donors (Lipinski definition) is 0. The molecule has 0 N–H and O–H groups in total. The van der Waals surface area contributed by atoms with Crippen molar-refractivity contribution < 1.29 is 28.5 Å². The van der Waals surface area contributed by atoms with Gasteiger partial charge in [0, 0.05) is 35.7 Å². The Morgan fingerprint density at radius 3 is 2.38 bits per heavy atom. The van der Waals surface area contributed by atoms with E-state index in [9.17, 15) is 9.59 Å². The minimum atomic E-state index is -0.594. The van der Waals surface area contributed by atoms with Gasteiger partial charge in [0.1, 0.15) is 11.4 Å². The Morgan fingerprint density at radius 2 is 1.77 bits per heavy atom. The number of methoxy groups -OCH3 is 2. The molecule has 0 radical (unpaired) electrons. The van der Waals surface area contributed by atoms with E-state index in [-0.39, 0.29) is 12.0 Å². The summed E-state index contributed by atoms with van der Waals surface area (Å²) in [7, 11) is 3.09. The quantitative estimate of drug-likeness (QED) is 0.343. The van der Waals surface area contributed by atoms with Gasteiger partial charge in [-0.15, -0.1) is 0 Å². The molecular weight excluding hydrogens is 508 g/mol. The van der Waals surface area contributed by atoms with E-state index in [1.165, 1.54) is 12.7 Å². The molecule has 3 heterocycles. The first-order valence-corrected chi connectivity index (χ1v) is 14.0. The van der Waals surface area contributed by atoms with Crippen molar-refractivity contribution in [2.75, 3.05) is 34.0 Å². The standard InChI is InChI=1S/C32H40N2O6/c1-20-15-28(37-5)26(25-12-14-34(29(20)25)31(36)40-32(2,3)4)17-33-13-11-23(24-18-39-19-24)16-27(33)21-7-9-22(10-8-21)30(35)38-6/h7-10,12,14-15,23-24,27H,11,13,16-19H2,1-6H3/t23-,27-/m0/s1. The van der Waals surface area contributed by atoms with E-state index in [1.807, 2.05) is 64.1 Å². The minimum Gasteiger partial charge on any atom is -0.496 e. The van der Waals surface area contributed by atoms with E-state index in [1.54, 1.807) is 17.9 Å². The predicted octanol–water partition coefficient (Wildman–Crippen LogP) is 6.13. The third-order valence-electron chi connectivity index (χ3n) is 8.20. The average Bonchev–Trinajstić information content (AvgIpc) is 3.35. The van der Waals surface area contributed by atoms with Gasteiger partial charge in [0.05, 0.1) is 38.5 Å². The number of fused-ring (bicyclic) bond motifs is 1. The number of benzene rings is 2. The van der Waals surface area contributed by atoms with Crippen LogP contribution >= 0.6 is 0 Å². The van der Waals surface area contributed by atoms with Crippen LogP contribution in [0.25, 0.3) is 10.9 Å². The fourth-order valence-corrected chi connectivity index (χ4v) is 6.07. The van der Waals surface area contributed by atoms with Gasteiger partial charge in [0.25, 0.3) is 0 Å². The lowest BCUT2D eigenvalue weighted by atomic mass is 9.78. The largest absolute Gasteiger partial charge is 0.496 e. The Bertz CT molecular complexity index is 1380. The highest BCUT2D eigenvalue weighted by Crippen LogP contribution is 2.42. The molecule has 2 aliphatic heterocycles. The molecule has 0 unspecified atom stereocenters. The molecular formula is C32H40N2O6. The molecule has 2 atom stereocenters. The minimum absolute atomic E-state index is 0.167. The van der Waals surface area contributed by atoms with Crippen LogP contribution in [0.5, 0.6) is 5.75 Å². The van der Waals surface area contributed by atoms with Crippen LogP contribution in [0, 0.1) is 18.8 Å². The molecule has 0 saturated carbocycles. The van der Waals surface area contributed by atoms with Gasteiger partial charge in [0.2, 0.25) is 0 Å². The molecule has 3 aromatic rings. The smallest absolute Gasteiger partial charge is 0.419 e. The lowest BCUT2D eigenvalue weighted by molar-refractivity contribution is -0.0800. The number of carbonyl (C=O) groups is 2. The van der Waals surface area contributed by atoms with Crippen LogP contribution in [0.4, 0.5) is 4.79 Å². The number of esters is 1. The lowest BCUT2D eigenvalue weighted by Gasteiger charge is -2.44. The highest BCUT2D eigenvalue weighted by molar-refractivity contribution is 5.95. The van der Waals surface area contributed by atoms with Crippen LogP contribution in [-0.4, -0.2) is 61.1 Å². The fourth-order valence-electron chi connectivity index (χ4n) is 6.07. The first-order valence-electron chi connectivity index (χ1n) is 14.0. The summed E-state index contributed by atoms with van der Waals surface area (Å²) in [6.07, 6.45) is 3.51. The van der Waals surface area contributed by atoms with Crippen molar-refractivity contribution in [3.63, 3.8) is 0 Å². The van der Waals surface area contributed by atoms with Gasteiger partial charge in [-0.25, -0.2) is 9.59 Å². The van der Waals surface area contributed by atoms with Crippen molar-refractivity contribution in [2.45, 2.75) is 58.7 Å². The summed E-state index contributed by atoms with van der Waals surface area (Å²) in [6.45, 7) is 10.9. The SMILES string of the molecule is COC(=O)c1ccc([C@@H]2C[C@@H](C3COC3)CCN2Cc2c(OC)cc(C)c3c2ccn3C(=O)OC(C)(C)C)cc1. The maximum absolute atomic E-state index is 13.1. The van der Waals surface area contributed by atoms with Crippen molar-refractivity contribution in [2.24, 2.45) is 11.8 Å². The maximum Gasteiger partial charge on any atom is 0.419 e. The van der Waals surface area contributed by atoms with E-state index in [0.29, 0.717) is 23.9 Å². The summed E-state index contributed by atoms with van der Waals surface area (Å²) in [5.74, 6) is 1.66. The number of aromatic nitrogens is 1. The summed E-state index contributed by atoms with van der Waals surface area (Å²) in [4.78, 5) is 27.6. The molecule has 40 heavy (non-hydrogen) atoms. The number of piperidine rings is 1. The zero-order valence-electron chi connectivity index (χ0n) is 24.4. The molecule has 214 valence electrons. The van der Waals surface area contributed by atoms with E-state index in [2.05, 4.69) is 4.90 Å². The Kier molecular flexibility index (Phi) is 7.93. The molecule has 1 aromatic heterocycles. The van der Waals surface area contributed by atoms with Crippen LogP contribution in [-0.2, 0) is 20.8 Å². The molecule has 2 aliphatic rings. The van der Waals surface area contributed by atoms with E-state index in [4.69, 9.17) is 18.9 Å². The number of ether oxygens (including phenoxy) is 4. The number of hydrogen-bond acceptors (Lipinski definition) is 7. The number of rotatable bonds is 6. The van der Waals surface area contributed by atoms with Crippen molar-refractivity contribution in [1.82, 2.24) is 9.47 Å². The number of nitrogens with zero attached hydrogens (tertiary/aromatic N) is 2. The van der Waals surface area contributed by atoms with Crippen molar-refractivity contribution in [1.29, 1.82) is 0 Å². The van der Waals surface area contributed by atoms with Gasteiger partial charge < -0.3 is 18.9 Å². The Balaban J connectivity index is 1.50. The molecule has 2 saturated heterocycles. The summed E-state index contributed by atoms with van der Waals surface area (Å²) < 4.78 is 23.6. The normalized spacial score (nSPS) is 20.2. The molecule has 0 bridgehead atoms. The molecule has 2 fully saturated rings. The predicted molar refractivity (Wildman–Crippen MR) is 153 cm³/mol. The van der Waals surface area contributed by atoms with E-state index in [0.717, 1.165) is 60.4 Å². The second-order valence-corrected chi connectivity index (χ2v) is 12.0. The van der Waals surface area contributed by atoms with Gasteiger partial charge >= 0.3 is 12.1 Å². The molecule has 5 rings (SSSR count). The molecule has 0 spiro atoms. The fraction of sp³-hybridized carbons (Fsp3) is 0.500. The Labute approximate surface area is 236 Å². The van der Waals surface area contributed by atoms with Crippen molar-refractivity contribution in [3.05, 3.63) is 64.8 Å². The van der Waals surface area contributed by atoms with E-state index < -0.39 is 11.7 Å². The van der Waals surface area contributed by atoms with Crippen LogP contribution in [0.15, 0.2) is 42.6 Å². The van der Waals surface area contributed by atoms with Gasteiger partial charge in [0.15, 0.2) is 0 Å². The van der Waals surface area contributed by atoms with Crippen LogP contribution in [0.3, 0.4) is 0 Å². The van der Waals surface area contributed by atoms with Gasteiger partial charge in [-0.05, 0) is 88.4 Å². The van der Waals surface area contributed by atoms with Crippen LogP contribution in [0.2, 0.25) is 0 Å². The maximum atomic E-state index is 13.1. The topological polar surface area (TPSA) is 79.2 Å². The number of aryl methyl sites for hydroxylation is 1. The lowest BCUT2D eigenvalue weighted by Crippen LogP contribution is -2.43. The third kappa shape index (κ3) is 5.60. The summed E-state index contributed by atoms with van der Waals surface area (Å²) in [5, 5.41) is 0.983. The first kappa shape index (κ1) is 28.2. The number of likely N-dealkylation sites (tertiary alicyclic amines) is 1. The first-order chi connectivity index (χ1) is 19.1. The summed E-state index contributed by atoms with van der Waals surface area (Å²) in [5.41, 5.74) is 3.96. The highest BCUT2D eigenvalue weighted by Gasteiger charge is 2.37. The molecule has 2 aromatic carbocycles. The highest BCUT2D eigenvalue weighted by atomic mass is 16.6. The Morgan fingerprint density at radius 1 is 1.05 bits per heavy atom. The molecule has 0 aliphatic carbocycles. The average molecular weight is 549 g/mol. The van der Waals surface area contributed by atoms with Crippen LogP contribution < -0.4 is 4.74 Å². The molecule has 8 heteroatoms. The molecule has 8 nitrogen and oxygen atoms in total. The van der Waals surface area contributed by atoms with E-state index >= 15 is 0 Å². The summed E-state index contributed by atoms with van der Waals surface area (Å²) in [6, 6.07) is 12.0. The third-order valence-corrected chi connectivity index (χ3v) is 8.20. The van der Waals surface area contributed by atoms with Crippen molar-refractivity contribution in [3.8, 4) is 5.75 Å². The molecule has 0 amide bonds. The van der Waals surface area contributed by atoms with Gasteiger partial charge in [-0.2, -0.15) is 0 Å².